The van der Waals surface area contributed by atoms with Crippen LogP contribution in [-0.2, 0) is 4.79 Å². The first kappa shape index (κ1) is 14.2. The summed E-state index contributed by atoms with van der Waals surface area (Å²) in [6.45, 7) is 1.41. The van der Waals surface area contributed by atoms with Gasteiger partial charge in [0.15, 0.2) is 0 Å². The highest BCUT2D eigenvalue weighted by Gasteiger charge is 2.48. The lowest BCUT2D eigenvalue weighted by molar-refractivity contribution is -0.144. The Labute approximate surface area is 114 Å². The molecule has 1 aliphatic rings. The zero-order chi connectivity index (χ0) is 14.9. The lowest BCUT2D eigenvalue weighted by atomic mass is 9.96. The van der Waals surface area contributed by atoms with Crippen molar-refractivity contribution in [1.82, 2.24) is 5.32 Å². The minimum atomic E-state index is -1.39. The predicted molar refractivity (Wildman–Crippen MR) is 67.3 cm³/mol. The van der Waals surface area contributed by atoms with E-state index >= 15 is 0 Å². The van der Waals surface area contributed by atoms with Gasteiger partial charge in [0, 0.05) is 6.07 Å². The highest BCUT2D eigenvalue weighted by molar-refractivity contribution is 5.94. The molecule has 3 N–H and O–H groups in total. The van der Waals surface area contributed by atoms with E-state index in [0.29, 0.717) is 18.9 Å². The van der Waals surface area contributed by atoms with E-state index in [1.165, 1.54) is 6.92 Å². The molecule has 0 aliphatic heterocycles. The number of halogens is 2. The van der Waals surface area contributed by atoms with Crippen LogP contribution in [0.15, 0.2) is 18.2 Å². The number of rotatable bonds is 4. The average Bonchev–Trinajstić information content (AvgIpc) is 3.16. The van der Waals surface area contributed by atoms with Crippen LogP contribution in [0.5, 0.6) is 0 Å². The summed E-state index contributed by atoms with van der Waals surface area (Å²) >= 11 is 0. The molecule has 1 aliphatic carbocycles. The Bertz CT molecular complexity index is 561. The second-order valence-electron chi connectivity index (χ2n) is 4.99. The van der Waals surface area contributed by atoms with Gasteiger partial charge in [-0.05, 0) is 37.8 Å². The van der Waals surface area contributed by atoms with E-state index in [2.05, 4.69) is 10.6 Å². The fraction of sp³-hybridized carbons (Fsp3) is 0.385. The Hall–Kier alpha value is -2.18. The van der Waals surface area contributed by atoms with Crippen LogP contribution in [0.3, 0.4) is 0 Å². The van der Waals surface area contributed by atoms with Crippen LogP contribution in [0.1, 0.15) is 19.8 Å². The third-order valence-corrected chi connectivity index (χ3v) is 3.39. The molecule has 1 aromatic carbocycles. The molecule has 7 heteroatoms. The van der Waals surface area contributed by atoms with E-state index in [1.807, 2.05) is 0 Å². The molecule has 0 spiro atoms. The maximum Gasteiger partial charge on any atom is 0.329 e. The molecule has 0 aromatic heterocycles. The van der Waals surface area contributed by atoms with Crippen molar-refractivity contribution in [2.24, 2.45) is 5.92 Å². The molecule has 2 amide bonds. The van der Waals surface area contributed by atoms with Gasteiger partial charge in [-0.25, -0.2) is 18.4 Å². The Morgan fingerprint density at radius 2 is 2.00 bits per heavy atom. The van der Waals surface area contributed by atoms with Gasteiger partial charge in [-0.1, -0.05) is 0 Å². The number of urea groups is 1. The number of carbonyl (C=O) groups excluding carboxylic acids is 1. The van der Waals surface area contributed by atoms with E-state index in [-0.39, 0.29) is 11.6 Å². The first-order valence-corrected chi connectivity index (χ1v) is 6.10. The molecule has 1 unspecified atom stereocenters. The van der Waals surface area contributed by atoms with Crippen molar-refractivity contribution >= 4 is 17.7 Å². The molecule has 0 heterocycles. The van der Waals surface area contributed by atoms with E-state index in [0.717, 1.165) is 12.1 Å². The number of nitrogens with one attached hydrogen (secondary N) is 2. The summed E-state index contributed by atoms with van der Waals surface area (Å²) in [6.07, 6.45) is 1.43. The molecular weight excluding hydrogens is 270 g/mol. The van der Waals surface area contributed by atoms with E-state index in [9.17, 15) is 23.5 Å². The summed E-state index contributed by atoms with van der Waals surface area (Å²) in [4.78, 5) is 23.0. The van der Waals surface area contributed by atoms with Crippen LogP contribution in [0.25, 0.3) is 0 Å². The van der Waals surface area contributed by atoms with Crippen molar-refractivity contribution in [3.63, 3.8) is 0 Å². The van der Waals surface area contributed by atoms with E-state index in [1.54, 1.807) is 0 Å². The van der Waals surface area contributed by atoms with Gasteiger partial charge in [0.1, 0.15) is 17.2 Å². The van der Waals surface area contributed by atoms with Crippen molar-refractivity contribution in [1.29, 1.82) is 0 Å². The number of hydrogen-bond acceptors (Lipinski definition) is 2. The summed E-state index contributed by atoms with van der Waals surface area (Å²) in [7, 11) is 0. The minimum Gasteiger partial charge on any atom is -0.480 e. The average molecular weight is 284 g/mol. The molecule has 0 saturated heterocycles. The molecule has 0 radical (unpaired) electrons. The third-order valence-electron chi connectivity index (χ3n) is 3.39. The molecule has 20 heavy (non-hydrogen) atoms. The SMILES string of the molecule is CC(NC(=O)Nc1ccc(F)cc1F)(C(=O)O)C1CC1. The monoisotopic (exact) mass is 284 g/mol. The van der Waals surface area contributed by atoms with Gasteiger partial charge in [-0.2, -0.15) is 0 Å². The topological polar surface area (TPSA) is 78.4 Å². The second-order valence-corrected chi connectivity index (χ2v) is 4.99. The molecule has 1 aromatic rings. The van der Waals surface area contributed by atoms with Crippen LogP contribution in [0.4, 0.5) is 19.3 Å². The van der Waals surface area contributed by atoms with Crippen molar-refractivity contribution in [3.05, 3.63) is 29.8 Å². The maximum absolute atomic E-state index is 13.4. The standard InChI is InChI=1S/C13H14F2N2O3/c1-13(11(18)19,7-2-3-7)17-12(20)16-10-5-4-8(14)6-9(10)15/h4-7H,2-3H2,1H3,(H,18,19)(H2,16,17,20). The zero-order valence-electron chi connectivity index (χ0n) is 10.7. The first-order chi connectivity index (χ1) is 9.33. The minimum absolute atomic E-state index is 0.135. The molecule has 1 fully saturated rings. The first-order valence-electron chi connectivity index (χ1n) is 6.10. The van der Waals surface area contributed by atoms with Gasteiger partial charge in [-0.15, -0.1) is 0 Å². The fourth-order valence-corrected chi connectivity index (χ4v) is 1.97. The number of carboxylic acid groups (broad SMARTS) is 1. The molecule has 1 saturated carbocycles. The largest absolute Gasteiger partial charge is 0.480 e. The molecule has 2 rings (SSSR count). The number of anilines is 1. The molecule has 108 valence electrons. The lowest BCUT2D eigenvalue weighted by Gasteiger charge is -2.26. The van der Waals surface area contributed by atoms with Gasteiger partial charge in [0.25, 0.3) is 0 Å². The van der Waals surface area contributed by atoms with Crippen LogP contribution >= 0.6 is 0 Å². The zero-order valence-corrected chi connectivity index (χ0v) is 10.7. The van der Waals surface area contributed by atoms with E-state index in [4.69, 9.17) is 0 Å². The summed E-state index contributed by atoms with van der Waals surface area (Å²) in [5, 5.41) is 13.7. The fourth-order valence-electron chi connectivity index (χ4n) is 1.97. The number of benzene rings is 1. The Morgan fingerprint density at radius 1 is 1.35 bits per heavy atom. The Balaban J connectivity index is 2.06. The van der Waals surface area contributed by atoms with Crippen LogP contribution in [-0.4, -0.2) is 22.6 Å². The van der Waals surface area contributed by atoms with Gasteiger partial charge in [-0.3, -0.25) is 0 Å². The highest BCUT2D eigenvalue weighted by atomic mass is 19.1. The maximum atomic E-state index is 13.4. The summed E-state index contributed by atoms with van der Waals surface area (Å²) in [5.41, 5.74) is -1.60. The Morgan fingerprint density at radius 3 is 2.50 bits per heavy atom. The number of carboxylic acids is 1. The van der Waals surface area contributed by atoms with Crippen LogP contribution in [0, 0.1) is 17.6 Å². The van der Waals surface area contributed by atoms with Crippen LogP contribution in [0.2, 0.25) is 0 Å². The van der Waals surface area contributed by atoms with Crippen molar-refractivity contribution < 1.29 is 23.5 Å². The quantitative estimate of drug-likeness (QED) is 0.794. The number of carbonyl (C=O) groups is 2. The second kappa shape index (κ2) is 5.07. The van der Waals surface area contributed by atoms with Crippen molar-refractivity contribution in [2.75, 3.05) is 5.32 Å². The number of aliphatic carboxylic acids is 1. The normalized spacial score (nSPS) is 17.1. The summed E-state index contributed by atoms with van der Waals surface area (Å²) < 4.78 is 26.1. The Kier molecular flexibility index (Phi) is 3.61. The lowest BCUT2D eigenvalue weighted by Crippen LogP contribution is -2.55. The number of hydrogen-bond donors (Lipinski definition) is 3. The van der Waals surface area contributed by atoms with Crippen molar-refractivity contribution in [3.8, 4) is 0 Å². The van der Waals surface area contributed by atoms with Gasteiger partial charge < -0.3 is 15.7 Å². The predicted octanol–water partition coefficient (Wildman–Crippen LogP) is 2.34. The summed E-state index contributed by atoms with van der Waals surface area (Å²) in [6, 6.07) is 1.86. The third kappa shape index (κ3) is 2.87. The summed E-state index contributed by atoms with van der Waals surface area (Å²) in [5.74, 6) is -2.97. The van der Waals surface area contributed by atoms with Crippen molar-refractivity contribution in [2.45, 2.75) is 25.3 Å². The molecule has 0 bridgehead atoms. The smallest absolute Gasteiger partial charge is 0.329 e. The molecular formula is C13H14F2N2O3. The van der Waals surface area contributed by atoms with Gasteiger partial charge in [0.2, 0.25) is 0 Å². The number of amides is 2. The van der Waals surface area contributed by atoms with Gasteiger partial charge >= 0.3 is 12.0 Å². The highest BCUT2D eigenvalue weighted by Crippen LogP contribution is 2.39. The van der Waals surface area contributed by atoms with Crippen LogP contribution < -0.4 is 10.6 Å². The molecule has 5 nitrogen and oxygen atoms in total. The van der Waals surface area contributed by atoms with E-state index < -0.39 is 29.2 Å². The molecule has 1 atom stereocenters. The van der Waals surface area contributed by atoms with Gasteiger partial charge in [0.05, 0.1) is 5.69 Å².